The van der Waals surface area contributed by atoms with Crippen molar-refractivity contribution in [3.05, 3.63) is 287 Å². The zero-order valence-electron chi connectivity index (χ0n) is 97.4. The summed E-state index contributed by atoms with van der Waals surface area (Å²) in [5, 5.41) is 56.7. The molecular weight excluding hydrogens is 1760 g/mol. The van der Waals surface area contributed by atoms with E-state index in [0.29, 0.717) is 60.0 Å². The Bertz CT molecular complexity index is 2990. The Morgan fingerprint density at radius 3 is 0.367 bits per heavy atom. The topological polar surface area (TPSA) is 281 Å². The predicted octanol–water partition coefficient (Wildman–Crippen LogP) is 35.8. The van der Waals surface area contributed by atoms with Gasteiger partial charge in [-0.2, -0.15) is 9.59 Å². The van der Waals surface area contributed by atoms with Crippen molar-refractivity contribution < 1.29 is 71.4 Å². The van der Waals surface area contributed by atoms with Crippen molar-refractivity contribution in [2.75, 3.05) is 0 Å². The van der Waals surface area contributed by atoms with Crippen LogP contribution in [0.5, 0.6) is 0 Å². The van der Waals surface area contributed by atoms with Gasteiger partial charge in [0.25, 0.3) is 20.7 Å². The van der Waals surface area contributed by atoms with Gasteiger partial charge in [0.1, 0.15) is 0 Å². The van der Waals surface area contributed by atoms with Crippen LogP contribution in [-0.4, -0.2) is 93.8 Å². The molecule has 139 heavy (non-hydrogen) atoms. The van der Waals surface area contributed by atoms with Gasteiger partial charge in [-0.15, -0.1) is 12.6 Å². The van der Waals surface area contributed by atoms with Gasteiger partial charge in [-0.3, -0.25) is 4.89 Å². The van der Waals surface area contributed by atoms with Gasteiger partial charge < -0.3 is 35.2 Å². The summed E-state index contributed by atoms with van der Waals surface area (Å²) >= 11 is 0. The van der Waals surface area contributed by atoms with E-state index >= 15 is 0 Å². The van der Waals surface area contributed by atoms with Gasteiger partial charge >= 0.3 is 38.9 Å². The molecule has 0 heterocycles. The van der Waals surface area contributed by atoms with Crippen LogP contribution in [0.1, 0.15) is 434 Å². The van der Waals surface area contributed by atoms with Crippen LogP contribution in [0.15, 0.2) is 243 Å². The van der Waals surface area contributed by atoms with Crippen molar-refractivity contribution in [1.82, 2.24) is 0 Å². The highest BCUT2D eigenvalue weighted by molar-refractivity contribution is 7.59. The van der Waals surface area contributed by atoms with Crippen LogP contribution < -0.4 is 0 Å². The van der Waals surface area contributed by atoms with Crippen molar-refractivity contribution in [1.29, 1.82) is 0 Å². The third kappa shape index (κ3) is 183. The molecule has 0 unspecified atom stereocenters. The van der Waals surface area contributed by atoms with E-state index in [2.05, 4.69) is 402 Å². The van der Waals surface area contributed by atoms with Crippen molar-refractivity contribution in [2.24, 2.45) is 11.8 Å². The van der Waals surface area contributed by atoms with E-state index in [1.165, 1.54) is 102 Å². The fourth-order valence-corrected chi connectivity index (χ4v) is 7.81. The van der Waals surface area contributed by atoms with E-state index < -0.39 is 32.8 Å². The van der Waals surface area contributed by atoms with E-state index in [1.54, 1.807) is 34.3 Å². The number of carbonyl (C=O) groups excluding carboxylic acids is 2. The molecule has 1 fully saturated rings. The minimum absolute atomic E-state index is 0.116. The molecule has 1 aliphatic rings. The Kier molecular flexibility index (Phi) is 180. The maximum atomic E-state index is 8.59. The van der Waals surface area contributed by atoms with E-state index in [0.717, 1.165) is 30.8 Å². The van der Waals surface area contributed by atoms with Crippen molar-refractivity contribution >= 4 is 59.7 Å². The van der Waals surface area contributed by atoms with Crippen molar-refractivity contribution in [3.8, 4) is 0 Å². The van der Waals surface area contributed by atoms with Gasteiger partial charge in [0.2, 0.25) is 0 Å². The molecule has 0 aromatic heterocycles. The third-order valence-electron chi connectivity index (χ3n) is 16.3. The van der Waals surface area contributed by atoms with Crippen molar-refractivity contribution in [2.45, 2.75) is 441 Å². The molecule has 0 bridgehead atoms. The largest absolute Gasteiger partial charge is 0.465 e. The first-order valence-corrected chi connectivity index (χ1v) is 54.3. The van der Waals surface area contributed by atoms with Gasteiger partial charge in [-0.1, -0.05) is 624 Å². The molecule has 9 rings (SSSR count). The standard InChI is InChI=1S/8C9H12.C7H14.3C3H9BO.6C3H8.2C2H7BO2.3C2H6.CO2.HO3P.O3S/c8*1-8(2)9-6-4-3-5-7-9;1-6(2)7-4-3-5-7;3*1-3-4(2)5;6*1-3-2;2*1-2-3(4)5;3*1-2;2-1-3;2*1-4(2)3/h8*3-8H,1-2H3;6-7H,3-5H2,1-2H3;3*5H,3H2,1-2H3;6*3H2,1-2H3;2*4-5H,2H2,1H3;3*1-2H3;;(H,1,2,3);. The lowest BCUT2D eigenvalue weighted by molar-refractivity contribution is -0.191. The summed E-state index contributed by atoms with van der Waals surface area (Å²) in [6, 6.07) is 84.2. The van der Waals surface area contributed by atoms with E-state index in [9.17, 15) is 0 Å². The second-order valence-electron chi connectivity index (χ2n) is 33.8. The summed E-state index contributed by atoms with van der Waals surface area (Å²) in [6.07, 6.45) is 15.7. The molecule has 0 radical (unpaired) electrons. The van der Waals surface area contributed by atoms with Crippen LogP contribution in [0.2, 0.25) is 52.1 Å². The molecule has 1 aliphatic carbocycles. The molecule has 15 nitrogen and oxygen atoms in total. The molecule has 22 heteroatoms. The van der Waals surface area contributed by atoms with Gasteiger partial charge in [-0.05, 0) is 116 Å². The Labute approximate surface area is 865 Å². The summed E-state index contributed by atoms with van der Waals surface area (Å²) in [5.74, 6) is 7.30. The first-order valence-electron chi connectivity index (χ1n) is 52.2. The molecule has 802 valence electrons. The minimum Gasteiger partial charge on any atom is -0.451 e. The summed E-state index contributed by atoms with van der Waals surface area (Å²) in [7, 11) is -8.46. The molecular formula is C117H218B5O15PS. The highest BCUT2D eigenvalue weighted by Gasteiger charge is 2.20. The summed E-state index contributed by atoms with van der Waals surface area (Å²) in [4.78, 5) is 23.3. The van der Waals surface area contributed by atoms with Crippen LogP contribution in [0.25, 0.3) is 0 Å². The third-order valence-corrected chi connectivity index (χ3v) is 16.3. The van der Waals surface area contributed by atoms with Crippen LogP contribution in [0.4, 0.5) is 0 Å². The summed E-state index contributed by atoms with van der Waals surface area (Å²) in [6.45, 7) is 91.6. The van der Waals surface area contributed by atoms with Gasteiger partial charge in [0.05, 0.1) is 0 Å². The molecule has 8 N–H and O–H groups in total. The fourth-order valence-electron chi connectivity index (χ4n) is 7.81. The van der Waals surface area contributed by atoms with Crippen LogP contribution in [0.3, 0.4) is 0 Å². The van der Waals surface area contributed by atoms with Crippen LogP contribution in [-0.2, 0) is 29.3 Å². The molecule has 0 aliphatic heterocycles. The monoisotopic (exact) mass is 1980 g/mol. The minimum atomic E-state index is -3.12. The predicted molar refractivity (Wildman–Crippen MR) is 626 cm³/mol. The summed E-state index contributed by atoms with van der Waals surface area (Å²) < 4.78 is 42.5. The first-order chi connectivity index (χ1) is 65.5. The Morgan fingerprint density at radius 1 is 0.266 bits per heavy atom. The highest BCUT2D eigenvalue weighted by Crippen LogP contribution is 2.32. The maximum absolute atomic E-state index is 8.59. The lowest BCUT2D eigenvalue weighted by Crippen LogP contribution is -2.16. The Morgan fingerprint density at radius 2 is 0.345 bits per heavy atom. The number of hydrogen-bond acceptors (Lipinski definition) is 14. The SMILES string of the molecule is CC.CC.CC.CC(C)C1CCC1.CC(C)c1ccccc1.CC(C)c1ccccc1.CC(C)c1ccccc1.CC(C)c1ccccc1.CC(C)c1ccccc1.CC(C)c1ccccc1.CC(C)c1ccccc1.CC(C)c1ccccc1.CCB(C)O.CCB(C)O.CCB(C)O.CCB(O)O.CCB(O)O.CCC.CCC.CCC.CCC.CCC.CCC.O=C=O.O=P(=O)O.O=S(=O)=O. The first kappa shape index (κ1) is 171. The van der Waals surface area contributed by atoms with Gasteiger partial charge in [-0.25, -0.2) is 9.13 Å². The second-order valence-corrected chi connectivity index (χ2v) is 34.7. The normalized spacial score (nSPS) is 9.10. The van der Waals surface area contributed by atoms with E-state index in [4.69, 9.17) is 71.4 Å². The zero-order valence-corrected chi connectivity index (χ0v) is 99.2. The lowest BCUT2D eigenvalue weighted by Gasteiger charge is -2.28. The lowest BCUT2D eigenvalue weighted by atomic mass is 9.69. The second kappa shape index (κ2) is 146. The Balaban J connectivity index is -0.0000000753. The van der Waals surface area contributed by atoms with Crippen molar-refractivity contribution in [3.63, 3.8) is 0 Å². The molecule has 8 aromatic rings. The number of rotatable bonds is 14. The molecule has 0 amide bonds. The quantitative estimate of drug-likeness (QED) is 0.0371. The average Bonchev–Trinajstić information content (AvgIpc) is 0.908. The highest BCUT2D eigenvalue weighted by atomic mass is 32.2. The summed E-state index contributed by atoms with van der Waals surface area (Å²) in [5.41, 5.74) is 11.3. The maximum Gasteiger partial charge on any atom is 0.465 e. The number of hydrogen-bond donors (Lipinski definition) is 8. The van der Waals surface area contributed by atoms with Crippen LogP contribution in [0, 0.1) is 11.8 Å². The van der Waals surface area contributed by atoms with E-state index in [1.807, 2.05) is 111 Å². The molecule has 0 spiro atoms. The van der Waals surface area contributed by atoms with Gasteiger partial charge in [0, 0.05) is 0 Å². The molecule has 0 atom stereocenters. The van der Waals surface area contributed by atoms with Crippen LogP contribution >= 0.6 is 7.91 Å². The van der Waals surface area contributed by atoms with E-state index in [-0.39, 0.29) is 26.9 Å². The molecule has 1 saturated carbocycles. The smallest absolute Gasteiger partial charge is 0.451 e. The average molecular weight is 1980 g/mol. The van der Waals surface area contributed by atoms with Gasteiger partial charge in [0.15, 0.2) is 0 Å². The zero-order chi connectivity index (χ0) is 112. The molecule has 0 saturated heterocycles. The molecule has 8 aromatic carbocycles. The fraction of sp³-hybridized carbons (Fsp3) is 0.581. The Hall–Kier alpha value is -7.34. The number of benzene rings is 8.